The van der Waals surface area contributed by atoms with Crippen molar-refractivity contribution in [3.63, 3.8) is 0 Å². The van der Waals surface area contributed by atoms with Crippen LogP contribution in [0.2, 0.25) is 0 Å². The van der Waals surface area contributed by atoms with Gasteiger partial charge in [0.1, 0.15) is 0 Å². The lowest BCUT2D eigenvalue weighted by Gasteiger charge is -2.30. The quantitative estimate of drug-likeness (QED) is 0.762. The van der Waals surface area contributed by atoms with Crippen molar-refractivity contribution in [1.82, 2.24) is 5.32 Å². The number of rotatable bonds is 4. The molecule has 0 aliphatic heterocycles. The van der Waals surface area contributed by atoms with Gasteiger partial charge in [0.15, 0.2) is 7.60 Å². The van der Waals surface area contributed by atoms with Crippen molar-refractivity contribution < 1.29 is 14.0 Å². The Bertz CT molecular complexity index is 328. The summed E-state index contributed by atoms with van der Waals surface area (Å²) in [6, 6.07) is 8.89. The minimum absolute atomic E-state index is 0.676. The summed E-state index contributed by atoms with van der Waals surface area (Å²) in [7, 11) is -1.11. The molecule has 0 fully saturated rings. The van der Waals surface area contributed by atoms with E-state index in [1.807, 2.05) is 6.07 Å². The Balaban J connectivity index is 3.00. The average molecular weight is 214 g/mol. The van der Waals surface area contributed by atoms with Crippen molar-refractivity contribution >= 4 is 7.60 Å². The minimum atomic E-state index is -3.87. The van der Waals surface area contributed by atoms with E-state index in [1.165, 1.54) is 7.11 Å². The van der Waals surface area contributed by atoms with Crippen molar-refractivity contribution in [3.8, 4) is 0 Å². The van der Waals surface area contributed by atoms with Crippen LogP contribution in [-0.4, -0.2) is 14.2 Å². The van der Waals surface area contributed by atoms with Crippen molar-refractivity contribution in [2.24, 2.45) is 0 Å². The van der Waals surface area contributed by atoms with Gasteiger partial charge >= 0.3 is 0 Å². The van der Waals surface area contributed by atoms with E-state index in [0.717, 1.165) is 0 Å². The molecule has 0 saturated carbocycles. The third kappa shape index (κ3) is 2.42. The van der Waals surface area contributed by atoms with Crippen LogP contribution in [0, 0.1) is 0 Å². The Hall–Kier alpha value is -0.670. The second-order valence-electron chi connectivity index (χ2n) is 2.82. The van der Waals surface area contributed by atoms with E-state index in [2.05, 4.69) is 9.84 Å². The Morgan fingerprint density at radius 2 is 2.00 bits per heavy atom. The maximum atomic E-state index is 11.5. The van der Waals surface area contributed by atoms with Gasteiger partial charge in [0.25, 0.3) is 0 Å². The zero-order valence-corrected chi connectivity index (χ0v) is 9.03. The van der Waals surface area contributed by atoms with Crippen LogP contribution in [0.25, 0.3) is 0 Å². The van der Waals surface area contributed by atoms with E-state index in [-0.39, 0.29) is 0 Å². The lowest BCUT2D eigenvalue weighted by molar-refractivity contribution is -0.199. The summed E-state index contributed by atoms with van der Waals surface area (Å²) in [5.41, 5.74) is 0.676. The highest BCUT2D eigenvalue weighted by molar-refractivity contribution is 7.51. The van der Waals surface area contributed by atoms with Gasteiger partial charge in [-0.1, -0.05) is 30.3 Å². The van der Waals surface area contributed by atoms with Gasteiger partial charge in [0, 0.05) is 7.11 Å². The van der Waals surface area contributed by atoms with E-state index >= 15 is 0 Å². The fourth-order valence-electron chi connectivity index (χ4n) is 1.25. The molecule has 0 heterocycles. The predicted molar refractivity (Wildman–Crippen MR) is 52.9 cm³/mol. The van der Waals surface area contributed by atoms with Crippen LogP contribution in [0.4, 0.5) is 0 Å². The molecule has 0 aromatic heterocycles. The summed E-state index contributed by atoms with van der Waals surface area (Å²) < 4.78 is 16.0. The van der Waals surface area contributed by atoms with Crippen molar-refractivity contribution in [2.45, 2.75) is 5.78 Å². The third-order valence-corrected chi connectivity index (χ3v) is 3.66. The first-order valence-electron chi connectivity index (χ1n) is 4.20. The van der Waals surface area contributed by atoms with E-state index in [4.69, 9.17) is 0 Å². The van der Waals surface area contributed by atoms with Crippen molar-refractivity contribution in [2.75, 3.05) is 14.2 Å². The maximum absolute atomic E-state index is 11.5. The molecule has 0 bridgehead atoms. The molecule has 0 radical (unpaired) electrons. The zero-order valence-electron chi connectivity index (χ0n) is 8.14. The fraction of sp³-hybridized carbons (Fsp3) is 0.333. The minimum Gasteiger partial charge on any atom is -0.777 e. The van der Waals surface area contributed by atoms with Crippen LogP contribution >= 0.6 is 7.60 Å². The lowest BCUT2D eigenvalue weighted by Crippen LogP contribution is -2.22. The first-order valence-corrected chi connectivity index (χ1v) is 5.81. The number of nitrogens with one attached hydrogen (secondary N) is 1. The molecule has 4 nitrogen and oxygen atoms in total. The van der Waals surface area contributed by atoms with E-state index in [1.54, 1.807) is 31.3 Å². The standard InChI is InChI=1S/C9H14NO3P/c1-10-9(14(11,12)13-2)8-6-4-3-5-7-8/h3-7,9-10H,1-2H3,(H,11,12)/p-1. The molecule has 0 aliphatic carbocycles. The van der Waals surface area contributed by atoms with Gasteiger partial charge in [-0.25, -0.2) is 0 Å². The second-order valence-corrected chi connectivity index (χ2v) is 4.79. The maximum Gasteiger partial charge on any atom is 0.156 e. The Morgan fingerprint density at radius 3 is 2.43 bits per heavy atom. The molecule has 14 heavy (non-hydrogen) atoms. The zero-order chi connectivity index (χ0) is 10.6. The molecule has 0 aliphatic rings. The summed E-state index contributed by atoms with van der Waals surface area (Å²) in [4.78, 5) is 11.5. The normalized spacial score (nSPS) is 17.4. The highest BCUT2D eigenvalue weighted by Crippen LogP contribution is 2.49. The van der Waals surface area contributed by atoms with Crippen molar-refractivity contribution in [1.29, 1.82) is 0 Å². The van der Waals surface area contributed by atoms with Gasteiger partial charge in [-0.15, -0.1) is 0 Å². The SMILES string of the molecule is CNC(c1ccccc1)P(=O)([O-])OC. The van der Waals surface area contributed by atoms with Crippen LogP contribution in [-0.2, 0) is 9.09 Å². The highest BCUT2D eigenvalue weighted by atomic mass is 31.2. The smallest absolute Gasteiger partial charge is 0.156 e. The molecule has 2 unspecified atom stereocenters. The summed E-state index contributed by atoms with van der Waals surface area (Å²) in [5.74, 6) is -0.784. The van der Waals surface area contributed by atoms with Crippen LogP contribution < -0.4 is 10.2 Å². The van der Waals surface area contributed by atoms with Gasteiger partial charge in [0.2, 0.25) is 0 Å². The summed E-state index contributed by atoms with van der Waals surface area (Å²) >= 11 is 0. The first-order chi connectivity index (χ1) is 6.61. The van der Waals surface area contributed by atoms with Gasteiger partial charge in [-0.2, -0.15) is 0 Å². The number of benzene rings is 1. The van der Waals surface area contributed by atoms with E-state index in [0.29, 0.717) is 5.56 Å². The van der Waals surface area contributed by atoms with Gasteiger partial charge in [-0.05, 0) is 12.6 Å². The molecule has 1 N–H and O–H groups in total. The molecular formula is C9H13NO3P-. The number of hydrogen-bond acceptors (Lipinski definition) is 4. The largest absolute Gasteiger partial charge is 0.777 e. The molecule has 78 valence electrons. The molecule has 1 aromatic rings. The monoisotopic (exact) mass is 214 g/mol. The summed E-state index contributed by atoms with van der Waals surface area (Å²) in [5, 5.41) is 2.71. The molecule has 2 atom stereocenters. The molecule has 0 saturated heterocycles. The molecule has 1 rings (SSSR count). The molecule has 5 heteroatoms. The molecule has 0 amide bonds. The first kappa shape index (κ1) is 11.4. The number of hydrogen-bond donors (Lipinski definition) is 1. The summed E-state index contributed by atoms with van der Waals surface area (Å²) in [6.45, 7) is 0. The average Bonchev–Trinajstić information content (AvgIpc) is 2.20. The van der Waals surface area contributed by atoms with Crippen LogP contribution in [0.3, 0.4) is 0 Å². The predicted octanol–water partition coefficient (Wildman–Crippen LogP) is 1.10. The van der Waals surface area contributed by atoms with Gasteiger partial charge in [0.05, 0.1) is 5.78 Å². The van der Waals surface area contributed by atoms with E-state index in [9.17, 15) is 9.46 Å². The van der Waals surface area contributed by atoms with Crippen molar-refractivity contribution in [3.05, 3.63) is 35.9 Å². The Kier molecular flexibility index (Phi) is 3.84. The van der Waals surface area contributed by atoms with Crippen LogP contribution in [0.15, 0.2) is 30.3 Å². The molecule has 0 spiro atoms. The van der Waals surface area contributed by atoms with Gasteiger partial charge < -0.3 is 19.3 Å². The van der Waals surface area contributed by atoms with Crippen LogP contribution in [0.5, 0.6) is 0 Å². The van der Waals surface area contributed by atoms with Crippen LogP contribution in [0.1, 0.15) is 11.3 Å². The topological polar surface area (TPSA) is 61.4 Å². The van der Waals surface area contributed by atoms with E-state index < -0.39 is 13.4 Å². The molecule has 1 aromatic carbocycles. The Labute approximate surface area is 83.4 Å². The molecular weight excluding hydrogens is 201 g/mol. The fourth-order valence-corrected chi connectivity index (χ4v) is 2.31. The Morgan fingerprint density at radius 1 is 1.43 bits per heavy atom. The third-order valence-electron chi connectivity index (χ3n) is 1.96. The second kappa shape index (κ2) is 4.71. The lowest BCUT2D eigenvalue weighted by atomic mass is 10.2. The van der Waals surface area contributed by atoms with Gasteiger partial charge in [-0.3, -0.25) is 0 Å². The highest BCUT2D eigenvalue weighted by Gasteiger charge is 2.21. The summed E-state index contributed by atoms with van der Waals surface area (Å²) in [6.07, 6.45) is 0.